The molecular formula is C37H37ClFN3O8S2. The van der Waals surface area contributed by atoms with Gasteiger partial charge in [-0.05, 0) is 84.8 Å². The van der Waals surface area contributed by atoms with E-state index in [1.54, 1.807) is 36.7 Å². The number of hydrogen-bond donors (Lipinski definition) is 2. The van der Waals surface area contributed by atoms with E-state index in [1.807, 2.05) is 49.4 Å². The molecule has 0 atom stereocenters. The molecule has 15 heteroatoms. The first-order chi connectivity index (χ1) is 24.2. The number of sulfone groups is 1. The Kier molecular flexibility index (Phi) is 13.6. The Morgan fingerprint density at radius 2 is 1.67 bits per heavy atom. The van der Waals surface area contributed by atoms with Crippen LogP contribution in [-0.4, -0.2) is 55.4 Å². The summed E-state index contributed by atoms with van der Waals surface area (Å²) in [7, 11) is -7.03. The molecule has 0 fully saturated rings. The first-order valence-corrected chi connectivity index (χ1v) is 19.5. The Morgan fingerprint density at radius 3 is 2.37 bits per heavy atom. The molecule has 0 aliphatic carbocycles. The molecule has 4 N–H and O–H groups in total. The van der Waals surface area contributed by atoms with Crippen LogP contribution in [-0.2, 0) is 39.5 Å². The van der Waals surface area contributed by atoms with Crippen molar-refractivity contribution in [1.82, 2.24) is 15.3 Å². The van der Waals surface area contributed by atoms with Gasteiger partial charge in [-0.1, -0.05) is 47.5 Å². The topological polar surface area (TPSA) is 180 Å². The van der Waals surface area contributed by atoms with E-state index in [2.05, 4.69) is 15.3 Å². The molecule has 52 heavy (non-hydrogen) atoms. The van der Waals surface area contributed by atoms with Crippen LogP contribution in [0.5, 0.6) is 5.75 Å². The van der Waals surface area contributed by atoms with E-state index in [4.69, 9.17) is 25.3 Å². The lowest BCUT2D eigenvalue weighted by atomic mass is 10.0. The van der Waals surface area contributed by atoms with Gasteiger partial charge in [0.25, 0.3) is 10.1 Å². The van der Waals surface area contributed by atoms with Crippen LogP contribution in [0.25, 0.3) is 22.2 Å². The second kappa shape index (κ2) is 17.7. The van der Waals surface area contributed by atoms with E-state index in [1.165, 1.54) is 30.5 Å². The number of fused-ring (bicyclic) bond motifs is 1. The summed E-state index contributed by atoms with van der Waals surface area (Å²) in [5.41, 5.74) is 5.15. The number of furan rings is 1. The highest BCUT2D eigenvalue weighted by atomic mass is 35.5. The van der Waals surface area contributed by atoms with Crippen LogP contribution in [0.4, 0.5) is 4.39 Å². The highest BCUT2D eigenvalue weighted by Crippen LogP contribution is 2.30. The zero-order valence-corrected chi connectivity index (χ0v) is 30.6. The van der Waals surface area contributed by atoms with Crippen molar-refractivity contribution in [2.24, 2.45) is 0 Å². The average molecular weight is 770 g/mol. The van der Waals surface area contributed by atoms with Gasteiger partial charge >= 0.3 is 0 Å². The summed E-state index contributed by atoms with van der Waals surface area (Å²) in [6.45, 7) is 2.84. The van der Waals surface area contributed by atoms with Gasteiger partial charge in [0, 0.05) is 30.2 Å². The third-order valence-electron chi connectivity index (χ3n) is 7.58. The monoisotopic (exact) mass is 769 g/mol. The first-order valence-electron chi connectivity index (χ1n) is 15.6. The lowest BCUT2D eigenvalue weighted by Crippen LogP contribution is -2.21. The van der Waals surface area contributed by atoms with Crippen LogP contribution in [0.3, 0.4) is 0 Å². The summed E-state index contributed by atoms with van der Waals surface area (Å²) >= 11 is 6.51. The van der Waals surface area contributed by atoms with Crippen molar-refractivity contribution >= 4 is 42.5 Å². The third kappa shape index (κ3) is 11.7. The molecule has 11 nitrogen and oxygen atoms in total. The molecule has 0 radical (unpaired) electrons. The van der Waals surface area contributed by atoms with Crippen molar-refractivity contribution in [3.05, 3.63) is 142 Å². The normalized spacial score (nSPS) is 11.4. The largest absolute Gasteiger partial charge is 0.487 e. The fraction of sp³-hybridized carbons (Fsp3) is 0.189. The van der Waals surface area contributed by atoms with E-state index in [-0.39, 0.29) is 28.5 Å². The minimum absolute atomic E-state index is 0. The highest BCUT2D eigenvalue weighted by Gasteiger charge is 2.12. The van der Waals surface area contributed by atoms with Gasteiger partial charge in [0.15, 0.2) is 0 Å². The summed E-state index contributed by atoms with van der Waals surface area (Å²) < 4.78 is 77.4. The number of aromatic nitrogens is 2. The van der Waals surface area contributed by atoms with Gasteiger partial charge in [0.1, 0.15) is 45.9 Å². The number of nitrogens with zero attached hydrogens (tertiary/aromatic N) is 2. The predicted octanol–water partition coefficient (Wildman–Crippen LogP) is 6.40. The predicted molar refractivity (Wildman–Crippen MR) is 198 cm³/mol. The molecular weight excluding hydrogens is 733 g/mol. The first kappa shape index (κ1) is 40.1. The molecule has 274 valence electrons. The van der Waals surface area contributed by atoms with E-state index in [0.717, 1.165) is 38.9 Å². The second-order valence-corrected chi connectivity index (χ2v) is 15.9. The number of nitrogens with one attached hydrogen (secondary N) is 1. The van der Waals surface area contributed by atoms with Crippen molar-refractivity contribution in [2.75, 3.05) is 18.6 Å². The molecule has 0 aliphatic rings. The molecule has 0 saturated heterocycles. The number of halogens is 2. The SMILES string of the molecule is CS(=O)(=O)CCNCc1ccc(-c2ccc3ncnc(Cc4ccc(OCc5cccc(F)c5)c(Cl)c4)c3c2)o1.Cc1ccc(S(=O)(=O)O)cc1.O. The Bertz CT molecular complexity index is 2350. The molecule has 6 rings (SSSR count). The van der Waals surface area contributed by atoms with Gasteiger partial charge in [0.05, 0.1) is 33.4 Å². The van der Waals surface area contributed by atoms with E-state index in [0.29, 0.717) is 41.8 Å². The van der Waals surface area contributed by atoms with Crippen LogP contribution < -0.4 is 10.1 Å². The second-order valence-electron chi connectivity index (χ2n) is 11.8. The summed E-state index contributed by atoms with van der Waals surface area (Å²) in [5.74, 6) is 1.68. The van der Waals surface area contributed by atoms with E-state index in [9.17, 15) is 21.2 Å². The maximum atomic E-state index is 13.4. The van der Waals surface area contributed by atoms with E-state index < -0.39 is 20.0 Å². The Morgan fingerprint density at radius 1 is 0.904 bits per heavy atom. The molecule has 0 saturated carbocycles. The lowest BCUT2D eigenvalue weighted by Gasteiger charge is -2.11. The average Bonchev–Trinajstić information content (AvgIpc) is 3.55. The standard InChI is InChI=1S/C30H27ClFN3O4S.C7H8O3S.H2O/c1-40(36,37)12-11-33-17-24-7-10-29(39-24)22-6-8-27-25(16-22)28(35-19-34-27)15-20-5-9-30(26(31)14-20)38-18-21-3-2-4-23(32)13-21;1-6-2-4-7(5-3-6)11(8,9)10;/h2-10,13-14,16,19,33H,11-12,15,17-18H2,1H3;2-5H,1H3,(H,8,9,10);1H2. The van der Waals surface area contributed by atoms with Gasteiger partial charge in [-0.25, -0.2) is 22.8 Å². The molecule has 4 aromatic carbocycles. The fourth-order valence-corrected chi connectivity index (χ4v) is 6.22. The molecule has 0 unspecified atom stereocenters. The van der Waals surface area contributed by atoms with E-state index >= 15 is 0 Å². The van der Waals surface area contributed by atoms with Gasteiger partial charge in [0.2, 0.25) is 0 Å². The smallest absolute Gasteiger partial charge is 0.294 e. The third-order valence-corrected chi connectivity index (χ3v) is 9.69. The van der Waals surface area contributed by atoms with Crippen molar-refractivity contribution in [1.29, 1.82) is 0 Å². The van der Waals surface area contributed by atoms with Gasteiger partial charge in [-0.3, -0.25) is 4.55 Å². The number of ether oxygens (including phenoxy) is 1. The van der Waals surface area contributed by atoms with Crippen LogP contribution in [0.1, 0.15) is 28.1 Å². The quantitative estimate of drug-likeness (QED) is 0.104. The zero-order chi connectivity index (χ0) is 36.6. The van der Waals surface area contributed by atoms with Gasteiger partial charge in [-0.2, -0.15) is 8.42 Å². The molecule has 2 aromatic heterocycles. The Balaban J connectivity index is 0.000000433. The molecule has 0 bridgehead atoms. The van der Waals surface area contributed by atoms with Crippen LogP contribution >= 0.6 is 11.6 Å². The Hall–Kier alpha value is -4.70. The molecule has 2 heterocycles. The van der Waals surface area contributed by atoms with Crippen molar-refractivity contribution in [3.63, 3.8) is 0 Å². The highest BCUT2D eigenvalue weighted by molar-refractivity contribution is 7.90. The number of aryl methyl sites for hydroxylation is 1. The summed E-state index contributed by atoms with van der Waals surface area (Å²) in [4.78, 5) is 8.88. The molecule has 0 aliphatic heterocycles. The Labute approximate surface area is 306 Å². The van der Waals surface area contributed by atoms with Crippen LogP contribution in [0, 0.1) is 12.7 Å². The number of hydrogen-bond acceptors (Lipinski definition) is 9. The van der Waals surface area contributed by atoms with Gasteiger partial charge in [-0.15, -0.1) is 0 Å². The number of benzene rings is 4. The van der Waals surface area contributed by atoms with Gasteiger partial charge < -0.3 is 19.9 Å². The molecule has 6 aromatic rings. The summed E-state index contributed by atoms with van der Waals surface area (Å²) in [6.07, 6.45) is 3.29. The van der Waals surface area contributed by atoms with Crippen LogP contribution in [0.15, 0.2) is 113 Å². The van der Waals surface area contributed by atoms with Crippen LogP contribution in [0.2, 0.25) is 5.02 Å². The maximum Gasteiger partial charge on any atom is 0.294 e. The fourth-order valence-electron chi connectivity index (χ4n) is 4.96. The summed E-state index contributed by atoms with van der Waals surface area (Å²) in [5, 5.41) is 4.44. The summed E-state index contributed by atoms with van der Waals surface area (Å²) in [6, 6.07) is 27.5. The maximum absolute atomic E-state index is 13.4. The van der Waals surface area contributed by atoms with Crippen molar-refractivity contribution in [3.8, 4) is 17.1 Å². The van der Waals surface area contributed by atoms with Crippen molar-refractivity contribution in [2.45, 2.75) is 31.4 Å². The number of rotatable bonds is 12. The van der Waals surface area contributed by atoms with Crippen molar-refractivity contribution < 1.29 is 40.4 Å². The lowest BCUT2D eigenvalue weighted by molar-refractivity contribution is 0.305. The molecule has 0 amide bonds. The minimum Gasteiger partial charge on any atom is -0.487 e. The molecule has 0 spiro atoms. The minimum atomic E-state index is -4.02. The zero-order valence-electron chi connectivity index (χ0n) is 28.2.